The Balaban J connectivity index is 1.93. The molecule has 0 aliphatic carbocycles. The third-order valence-electron chi connectivity index (χ3n) is 5.01. The summed E-state index contributed by atoms with van der Waals surface area (Å²) in [6.45, 7) is 0. The van der Waals surface area contributed by atoms with Crippen LogP contribution in [0, 0.1) is 0 Å². The van der Waals surface area contributed by atoms with Gasteiger partial charge in [-0.2, -0.15) is 13.2 Å². The topological polar surface area (TPSA) is 46.9 Å². The van der Waals surface area contributed by atoms with E-state index in [4.69, 9.17) is 11.6 Å². The summed E-state index contributed by atoms with van der Waals surface area (Å²) in [5.74, 6) is 0. The molecule has 0 saturated heterocycles. The molecule has 1 N–H and O–H groups in total. The van der Waals surface area contributed by atoms with E-state index in [1.54, 1.807) is 72.8 Å². The summed E-state index contributed by atoms with van der Waals surface area (Å²) in [5.41, 5.74) is -0.936. The molecule has 0 atom stereocenters. The molecule has 0 saturated carbocycles. The fourth-order valence-electron chi connectivity index (χ4n) is 3.41. The van der Waals surface area contributed by atoms with Gasteiger partial charge in [0.1, 0.15) is 4.90 Å². The Morgan fingerprint density at radius 2 is 1.00 bits per heavy atom. The number of halogens is 4. The van der Waals surface area contributed by atoms with Crippen LogP contribution in [0.1, 0.15) is 5.56 Å². The van der Waals surface area contributed by atoms with E-state index in [0.717, 1.165) is 24.3 Å². The number of hydrogen-bond acceptors (Lipinski definition) is 2. The van der Waals surface area contributed by atoms with Gasteiger partial charge in [-0.1, -0.05) is 48.0 Å². The van der Waals surface area contributed by atoms with Crippen LogP contribution in [0.5, 0.6) is 0 Å². The summed E-state index contributed by atoms with van der Waals surface area (Å²) in [6, 6.07) is 28.1. The molecule has 0 aromatic heterocycles. The number of benzene rings is 4. The molecule has 3 nitrogen and oxygen atoms in total. The van der Waals surface area contributed by atoms with Crippen molar-refractivity contribution >= 4 is 32.0 Å². The van der Waals surface area contributed by atoms with Crippen molar-refractivity contribution in [3.05, 3.63) is 120 Å². The maximum absolute atomic E-state index is 13.5. The molecule has 4 aromatic carbocycles. The fraction of sp³-hybridized carbons (Fsp3) is 0.0400. The predicted octanol–water partition coefficient (Wildman–Crippen LogP) is 8.04. The molecule has 0 aliphatic heterocycles. The van der Waals surface area contributed by atoms with Gasteiger partial charge in [-0.05, 0) is 72.8 Å². The molecule has 0 amide bonds. The quantitative estimate of drug-likeness (QED) is 0.190. The Morgan fingerprint density at radius 1 is 0.588 bits per heavy atom. The molecular formula is C25H19ClF3O3S2+. The predicted molar refractivity (Wildman–Crippen MR) is 128 cm³/mol. The normalized spacial score (nSPS) is 12.9. The van der Waals surface area contributed by atoms with Gasteiger partial charge in [0.2, 0.25) is 0 Å². The van der Waals surface area contributed by atoms with Crippen molar-refractivity contribution in [2.45, 2.75) is 25.8 Å². The highest BCUT2D eigenvalue weighted by molar-refractivity contribution is 8.32. The van der Waals surface area contributed by atoms with Crippen LogP contribution in [0.25, 0.3) is 0 Å². The Labute approximate surface area is 202 Å². The molecule has 4 aromatic rings. The molecule has 0 fully saturated rings. The van der Waals surface area contributed by atoms with Gasteiger partial charge < -0.3 is 0 Å². The van der Waals surface area contributed by atoms with E-state index in [0.29, 0.717) is 19.7 Å². The van der Waals surface area contributed by atoms with Gasteiger partial charge in [0.25, 0.3) is 0 Å². The molecule has 0 aliphatic rings. The Hall–Kier alpha value is -2.78. The first-order valence-corrected chi connectivity index (χ1v) is 13.4. The van der Waals surface area contributed by atoms with Gasteiger partial charge in [0.05, 0.1) is 30.6 Å². The van der Waals surface area contributed by atoms with Gasteiger partial charge in [-0.25, -0.2) is 0 Å². The molecular weight excluding hydrogens is 505 g/mol. The largest absolute Gasteiger partial charge is 0.422 e. The van der Waals surface area contributed by atoms with Crippen molar-refractivity contribution in [2.24, 2.45) is 0 Å². The third kappa shape index (κ3) is 4.86. The number of rotatable bonds is 6. The van der Waals surface area contributed by atoms with Crippen molar-refractivity contribution in [3.63, 3.8) is 0 Å². The van der Waals surface area contributed by atoms with Crippen molar-refractivity contribution in [1.29, 1.82) is 0 Å². The molecule has 0 spiro atoms. The van der Waals surface area contributed by atoms with Gasteiger partial charge >= 0.3 is 16.3 Å². The van der Waals surface area contributed by atoms with Crippen LogP contribution >= 0.6 is 21.9 Å². The second kappa shape index (κ2) is 9.46. The molecule has 0 unspecified atom stereocenters. The van der Waals surface area contributed by atoms with E-state index < -0.39 is 32.2 Å². The average molecular weight is 524 g/mol. The highest BCUT2D eigenvalue weighted by Crippen LogP contribution is 2.68. The van der Waals surface area contributed by atoms with Crippen molar-refractivity contribution < 1.29 is 25.2 Å². The molecule has 34 heavy (non-hydrogen) atoms. The van der Waals surface area contributed by atoms with Crippen LogP contribution in [0.3, 0.4) is 0 Å². The highest BCUT2D eigenvalue weighted by atomic mass is 35.5. The maximum Gasteiger partial charge on any atom is 0.422 e. The van der Waals surface area contributed by atoms with E-state index >= 15 is 0 Å². The average Bonchev–Trinajstić information content (AvgIpc) is 2.84. The minimum absolute atomic E-state index is 0.321. The minimum Gasteiger partial charge on any atom is -0.258 e. The summed E-state index contributed by atoms with van der Waals surface area (Å²) in [7, 11) is -7.11. The molecule has 9 heteroatoms. The van der Waals surface area contributed by atoms with Crippen molar-refractivity contribution in [1.82, 2.24) is 0 Å². The zero-order chi connectivity index (χ0) is 24.4. The van der Waals surface area contributed by atoms with Crippen LogP contribution in [0.15, 0.2) is 129 Å². The first-order chi connectivity index (χ1) is 16.1. The van der Waals surface area contributed by atoms with E-state index in [1.807, 2.05) is 12.1 Å². The molecule has 0 bridgehead atoms. The summed E-state index contributed by atoms with van der Waals surface area (Å²) in [5, 5.41) is 0.476. The number of hydrogen-bond donors (Lipinski definition) is 0. The SMILES string of the molecule is O=S(=O)([OH+]S(c1ccccc1)(c1ccccc1)c1ccc(Cl)cc1)c1ccc(C(F)(F)F)cc1. The Morgan fingerprint density at radius 3 is 1.44 bits per heavy atom. The van der Waals surface area contributed by atoms with E-state index in [9.17, 15) is 21.6 Å². The smallest absolute Gasteiger partial charge is 0.258 e. The first-order valence-electron chi connectivity index (χ1n) is 9.99. The number of alkyl halides is 3. The second-order valence-electron chi connectivity index (χ2n) is 7.23. The summed E-state index contributed by atoms with van der Waals surface area (Å²) in [6.07, 6.45) is -4.58. The summed E-state index contributed by atoms with van der Waals surface area (Å²) < 4.78 is 70.6. The van der Waals surface area contributed by atoms with E-state index in [1.165, 1.54) is 0 Å². The fourth-order valence-corrected chi connectivity index (χ4v) is 9.02. The zero-order valence-electron chi connectivity index (χ0n) is 17.5. The molecule has 176 valence electrons. The van der Waals surface area contributed by atoms with Crippen molar-refractivity contribution in [3.8, 4) is 0 Å². The Bertz CT molecular complexity index is 1320. The van der Waals surface area contributed by atoms with Gasteiger partial charge in [-0.15, -0.1) is 8.42 Å². The van der Waals surface area contributed by atoms with Gasteiger partial charge in [-0.3, -0.25) is 3.63 Å². The lowest BCUT2D eigenvalue weighted by atomic mass is 10.2. The lowest BCUT2D eigenvalue weighted by molar-refractivity contribution is -0.137. The third-order valence-corrected chi connectivity index (χ3v) is 10.7. The van der Waals surface area contributed by atoms with Crippen molar-refractivity contribution in [2.75, 3.05) is 0 Å². The molecule has 0 radical (unpaired) electrons. The molecule has 0 heterocycles. The highest BCUT2D eigenvalue weighted by Gasteiger charge is 2.43. The van der Waals surface area contributed by atoms with Crippen LogP contribution in [-0.4, -0.2) is 12.0 Å². The maximum atomic E-state index is 13.5. The van der Waals surface area contributed by atoms with Gasteiger partial charge in [0, 0.05) is 5.02 Å². The van der Waals surface area contributed by atoms with Crippen LogP contribution < -0.4 is 0 Å². The lowest BCUT2D eigenvalue weighted by Gasteiger charge is -2.34. The monoisotopic (exact) mass is 523 g/mol. The van der Waals surface area contributed by atoms with Crippen LogP contribution in [0.2, 0.25) is 5.02 Å². The van der Waals surface area contributed by atoms with Crippen LogP contribution in [0.4, 0.5) is 13.2 Å². The summed E-state index contributed by atoms with van der Waals surface area (Å²) >= 11 is 6.10. The Kier molecular flexibility index (Phi) is 6.78. The van der Waals surface area contributed by atoms with Gasteiger partial charge in [0.15, 0.2) is 0 Å². The van der Waals surface area contributed by atoms with Crippen LogP contribution in [-0.2, 0) is 16.3 Å². The standard InChI is InChI=1S/C25H18ClF3O3S2/c26-20-13-17-23(18-14-20)33(21-7-3-1-4-8-21,22-9-5-2-6-10-22)32-34(30,31)24-15-11-19(12-16-24)25(27,28)29/h1-18H/p+1. The summed E-state index contributed by atoms with van der Waals surface area (Å²) in [4.78, 5) is 1.60. The molecule has 4 rings (SSSR count). The van der Waals surface area contributed by atoms with E-state index in [2.05, 4.69) is 3.63 Å². The minimum atomic E-state index is -4.58. The first kappa shape index (κ1) is 24.3. The van der Waals surface area contributed by atoms with E-state index in [-0.39, 0.29) is 4.90 Å². The zero-order valence-corrected chi connectivity index (χ0v) is 19.9. The second-order valence-corrected chi connectivity index (χ2v) is 12.3. The lowest BCUT2D eigenvalue weighted by Crippen LogP contribution is -2.19.